The van der Waals surface area contributed by atoms with Gasteiger partial charge in [-0.2, -0.15) is 0 Å². The molecule has 8 valence electrons. The summed E-state index contributed by atoms with van der Waals surface area (Å²) in [5.41, 5.74) is 0. The average molecular weight is 333 g/mol. The summed E-state index contributed by atoms with van der Waals surface area (Å²) in [6.07, 6.45) is 0. The molecule has 0 aliphatic heterocycles. The van der Waals surface area contributed by atoms with Gasteiger partial charge >= 0.3 is 108 Å². The summed E-state index contributed by atoms with van der Waals surface area (Å²) in [7, 11) is 0. The Morgan fingerprint density at radius 1 is 1.00 bits per heavy atom. The summed E-state index contributed by atoms with van der Waals surface area (Å²) in [6.45, 7) is 0. The van der Waals surface area contributed by atoms with Gasteiger partial charge in [0.05, 0.1) is 0 Å². The van der Waals surface area contributed by atoms with Crippen LogP contribution < -0.4 is 0 Å². The minimum atomic E-state index is 0. The van der Waals surface area contributed by atoms with E-state index in [1.165, 1.54) is 0 Å². The van der Waals surface area contributed by atoms with Crippen LogP contribution in [0.15, 0.2) is 0 Å². The van der Waals surface area contributed by atoms with Gasteiger partial charge in [0, 0.05) is 0 Å². The first kappa shape index (κ1) is 25.8. The first-order valence-corrected chi connectivity index (χ1v) is 0. The Labute approximate surface area is 110 Å². The van der Waals surface area contributed by atoms with Gasteiger partial charge in [0.1, 0.15) is 0 Å². The molecule has 0 aliphatic carbocycles. The molecule has 0 unspecified atom stereocenters. The van der Waals surface area contributed by atoms with Crippen molar-refractivity contribution in [2.45, 2.75) is 0 Å². The van der Waals surface area contributed by atoms with E-state index in [0.717, 1.165) is 0 Å². The maximum absolute atomic E-state index is 0. The summed E-state index contributed by atoms with van der Waals surface area (Å²) < 4.78 is 0. The van der Waals surface area contributed by atoms with E-state index < -0.39 is 0 Å². The van der Waals surface area contributed by atoms with Crippen LogP contribution in [0.5, 0.6) is 0 Å². The smallest absolute Gasteiger partial charge is 2.00 e. The molecule has 4 heteroatoms. The molecule has 0 aliphatic rings. The van der Waals surface area contributed by atoms with Crippen LogP contribution in [0.1, 0.15) is 0 Å². The predicted molar refractivity (Wildman–Crippen MR) is 6.44 cm³/mol. The Hall–Kier alpha value is 3.52. The monoisotopic (exact) mass is 333 g/mol. The van der Waals surface area contributed by atoms with Crippen molar-refractivity contribution in [2.75, 3.05) is 0 Å². The van der Waals surface area contributed by atoms with Crippen LogP contribution in [0, 0.1) is 0 Å². The third kappa shape index (κ3) is 9.10. The number of rotatable bonds is 0. The molecule has 0 saturated carbocycles. The molecule has 0 amide bonds. The van der Waals surface area contributed by atoms with Crippen molar-refractivity contribution in [3.05, 3.63) is 0 Å². The topological polar surface area (TPSA) is 28.5 Å². The first-order valence-electron chi connectivity index (χ1n) is 0. The van der Waals surface area contributed by atoms with Gasteiger partial charge < -0.3 is 5.48 Å². The summed E-state index contributed by atoms with van der Waals surface area (Å²) >= 11 is 0. The Morgan fingerprint density at radius 3 is 1.00 bits per heavy atom. The van der Waals surface area contributed by atoms with E-state index in [4.69, 9.17) is 0 Å². The summed E-state index contributed by atoms with van der Waals surface area (Å²) in [5, 5.41) is 0. The Morgan fingerprint density at radius 2 is 1.00 bits per heavy atom. The van der Waals surface area contributed by atoms with Crippen LogP contribution in [0.4, 0.5) is 0 Å². The maximum atomic E-state index is 0. The third-order valence-corrected chi connectivity index (χ3v) is 0. The SMILES string of the molecule is [Ba+2].[O-2].[Y+3].[Zr+4]. The van der Waals surface area contributed by atoms with E-state index in [-0.39, 0.29) is 113 Å². The molecule has 0 saturated heterocycles. The quantitative estimate of drug-likeness (QED) is 0.535. The molecule has 0 fully saturated rings. The molecular weight excluding hydrogens is 333 g/mol. The second-order valence-corrected chi connectivity index (χ2v) is 0. The molecule has 0 radical (unpaired) electrons. The van der Waals surface area contributed by atoms with Crippen LogP contribution >= 0.6 is 0 Å². The van der Waals surface area contributed by atoms with Crippen LogP contribution in [-0.4, -0.2) is 48.9 Å². The van der Waals surface area contributed by atoms with Crippen molar-refractivity contribution in [1.29, 1.82) is 0 Å². The van der Waals surface area contributed by atoms with Gasteiger partial charge in [-0.05, 0) is 0 Å². The Bertz CT molecular complexity index is 8.00. The molecule has 1 nitrogen and oxygen atoms in total. The fourth-order valence-electron chi connectivity index (χ4n) is 0. The van der Waals surface area contributed by atoms with E-state index in [0.29, 0.717) is 0 Å². The molecule has 0 heterocycles. The van der Waals surface area contributed by atoms with Crippen LogP contribution in [0.2, 0.25) is 0 Å². The van der Waals surface area contributed by atoms with Crippen molar-refractivity contribution in [3.63, 3.8) is 0 Å². The third-order valence-electron chi connectivity index (χ3n) is 0. The molecule has 0 aromatic rings. The zero-order valence-electron chi connectivity index (χ0n) is 2.19. The molecule has 4 heavy (non-hydrogen) atoms. The minimum absolute atomic E-state index is 0. The van der Waals surface area contributed by atoms with Gasteiger partial charge in [-0.3, -0.25) is 0 Å². The fourth-order valence-corrected chi connectivity index (χ4v) is 0. The second-order valence-electron chi connectivity index (χ2n) is 0. The van der Waals surface area contributed by atoms with E-state index in [9.17, 15) is 0 Å². The summed E-state index contributed by atoms with van der Waals surface area (Å²) in [6, 6.07) is 0. The van der Waals surface area contributed by atoms with E-state index >= 15 is 0 Å². The van der Waals surface area contributed by atoms with Crippen molar-refractivity contribution < 1.29 is 64.4 Å². The molecule has 0 spiro atoms. The van der Waals surface area contributed by atoms with E-state index in [1.807, 2.05) is 0 Å². The number of hydrogen-bond acceptors (Lipinski definition) is 0. The van der Waals surface area contributed by atoms with Gasteiger partial charge in [-0.15, -0.1) is 0 Å². The summed E-state index contributed by atoms with van der Waals surface area (Å²) in [4.78, 5) is 0. The van der Waals surface area contributed by atoms with Crippen molar-refractivity contribution in [3.8, 4) is 0 Å². The normalized spacial score (nSPS) is 0. The van der Waals surface area contributed by atoms with Gasteiger partial charge in [0.15, 0.2) is 0 Å². The maximum Gasteiger partial charge on any atom is 4.00 e. The van der Waals surface area contributed by atoms with Crippen LogP contribution in [-0.2, 0) is 64.4 Å². The zero-order chi connectivity index (χ0) is 0. The van der Waals surface area contributed by atoms with Crippen molar-refractivity contribution in [1.82, 2.24) is 0 Å². The van der Waals surface area contributed by atoms with Gasteiger partial charge in [0.25, 0.3) is 0 Å². The molecular formula is BaOYZr+7. The number of hydrogen-bond donors (Lipinski definition) is 0. The standard InChI is InChI=1S/Ba.O.Y.Zr/q+2;-2;+3;+4. The minimum Gasteiger partial charge on any atom is -2.00 e. The molecule has 0 atom stereocenters. The zero-order valence-corrected chi connectivity index (χ0v) is 11.9. The Kier molecular flexibility index (Phi) is 103. The van der Waals surface area contributed by atoms with Gasteiger partial charge in [-0.25, -0.2) is 0 Å². The Balaban J connectivity index is 0. The molecule has 0 N–H and O–H groups in total. The molecule has 0 bridgehead atoms. The molecule has 0 aromatic carbocycles. The van der Waals surface area contributed by atoms with E-state index in [2.05, 4.69) is 0 Å². The first-order chi connectivity index (χ1) is 0. The predicted octanol–water partition coefficient (Wildman–Crippen LogP) is -0.505. The van der Waals surface area contributed by atoms with Gasteiger partial charge in [-0.1, -0.05) is 0 Å². The average Bonchev–Trinajstić information content (AvgIpc) is 0. The second kappa shape index (κ2) is 16.0. The molecule has 0 aromatic heterocycles. The van der Waals surface area contributed by atoms with E-state index in [1.54, 1.807) is 0 Å². The summed E-state index contributed by atoms with van der Waals surface area (Å²) in [5.74, 6) is 0. The van der Waals surface area contributed by atoms with Crippen LogP contribution in [0.25, 0.3) is 0 Å². The largest absolute Gasteiger partial charge is 4.00 e. The molecule has 0 rings (SSSR count). The van der Waals surface area contributed by atoms with Crippen molar-refractivity contribution in [2.24, 2.45) is 0 Å². The van der Waals surface area contributed by atoms with Gasteiger partial charge in [0.2, 0.25) is 0 Å². The fraction of sp³-hybridized carbons (Fsp3) is 0. The van der Waals surface area contributed by atoms with Crippen molar-refractivity contribution >= 4 is 48.9 Å². The van der Waals surface area contributed by atoms with Crippen LogP contribution in [0.3, 0.4) is 0 Å².